The van der Waals surface area contributed by atoms with Gasteiger partial charge < -0.3 is 15.8 Å². The van der Waals surface area contributed by atoms with E-state index in [9.17, 15) is 9.59 Å². The Morgan fingerprint density at radius 2 is 2.13 bits per heavy atom. The van der Waals surface area contributed by atoms with Crippen LogP contribution < -0.4 is 15.8 Å². The number of ether oxygens (including phenoxy) is 1. The Labute approximate surface area is 138 Å². The molecule has 1 aromatic carbocycles. The van der Waals surface area contributed by atoms with Crippen LogP contribution in [0.15, 0.2) is 18.2 Å². The molecule has 0 radical (unpaired) electrons. The maximum atomic E-state index is 11.8. The van der Waals surface area contributed by atoms with E-state index in [0.717, 1.165) is 34.6 Å². The Kier molecular flexibility index (Phi) is 4.09. The quantitative estimate of drug-likeness (QED) is 0.904. The first-order valence-electron chi connectivity index (χ1n) is 7.50. The lowest BCUT2D eigenvalue weighted by Gasteiger charge is -2.18. The van der Waals surface area contributed by atoms with Crippen LogP contribution in [0.25, 0.3) is 10.4 Å². The molecule has 0 spiro atoms. The van der Waals surface area contributed by atoms with Crippen molar-refractivity contribution in [3.63, 3.8) is 0 Å². The molecular formula is C17H18N2O3S. The number of thiophene rings is 1. The molecule has 2 amide bonds. The second-order valence-corrected chi connectivity index (χ2v) is 6.43. The first-order chi connectivity index (χ1) is 11.0. The summed E-state index contributed by atoms with van der Waals surface area (Å²) in [6.45, 7) is 4.00. The van der Waals surface area contributed by atoms with Gasteiger partial charge in [0.15, 0.2) is 0 Å². The smallest absolute Gasteiger partial charge is 0.252 e. The van der Waals surface area contributed by atoms with E-state index < -0.39 is 5.91 Å². The Bertz CT molecular complexity index is 795. The monoisotopic (exact) mass is 330 g/mol. The van der Waals surface area contributed by atoms with Gasteiger partial charge in [0.05, 0.1) is 12.2 Å². The minimum atomic E-state index is -0.499. The van der Waals surface area contributed by atoms with E-state index in [4.69, 9.17) is 10.5 Å². The second kappa shape index (κ2) is 6.04. The van der Waals surface area contributed by atoms with Crippen molar-refractivity contribution in [1.82, 2.24) is 0 Å². The summed E-state index contributed by atoms with van der Waals surface area (Å²) in [5.74, 6) is 0.141. The van der Waals surface area contributed by atoms with Gasteiger partial charge in [0.25, 0.3) is 5.91 Å². The Hall–Kier alpha value is -2.34. The maximum Gasteiger partial charge on any atom is 0.252 e. The molecule has 1 heterocycles. The van der Waals surface area contributed by atoms with Crippen LogP contribution in [0.1, 0.15) is 35.3 Å². The lowest BCUT2D eigenvalue weighted by atomic mass is 9.89. The number of hydrogen-bond donors (Lipinski definition) is 2. The maximum absolute atomic E-state index is 11.8. The zero-order valence-corrected chi connectivity index (χ0v) is 13.9. The Morgan fingerprint density at radius 1 is 1.35 bits per heavy atom. The number of amides is 2. The van der Waals surface area contributed by atoms with Crippen molar-refractivity contribution in [3.8, 4) is 16.2 Å². The third kappa shape index (κ3) is 2.82. The van der Waals surface area contributed by atoms with Gasteiger partial charge in [0.2, 0.25) is 5.91 Å². The molecule has 3 N–H and O–H groups in total. The predicted molar refractivity (Wildman–Crippen MR) is 91.2 cm³/mol. The molecule has 23 heavy (non-hydrogen) atoms. The Balaban J connectivity index is 2.12. The number of rotatable bonds is 4. The molecule has 0 saturated heterocycles. The number of benzene rings is 1. The summed E-state index contributed by atoms with van der Waals surface area (Å²) in [5, 5.41) is 3.27. The molecule has 3 rings (SSSR count). The number of carbonyl (C=O) groups is 2. The molecule has 0 saturated carbocycles. The van der Waals surface area contributed by atoms with Crippen molar-refractivity contribution < 1.29 is 14.3 Å². The molecule has 0 unspecified atom stereocenters. The summed E-state index contributed by atoms with van der Waals surface area (Å²) in [4.78, 5) is 24.2. The molecule has 1 aliphatic carbocycles. The molecule has 0 atom stereocenters. The molecule has 0 bridgehead atoms. The third-order valence-corrected chi connectivity index (χ3v) is 5.00. The fraction of sp³-hybridized carbons (Fsp3) is 0.294. The number of nitrogens with one attached hydrogen (secondary N) is 1. The zero-order chi connectivity index (χ0) is 16.6. The van der Waals surface area contributed by atoms with Gasteiger partial charge >= 0.3 is 0 Å². The van der Waals surface area contributed by atoms with E-state index in [1.807, 2.05) is 25.1 Å². The van der Waals surface area contributed by atoms with E-state index in [0.29, 0.717) is 17.2 Å². The first-order valence-corrected chi connectivity index (χ1v) is 8.32. The largest absolute Gasteiger partial charge is 0.494 e. The van der Waals surface area contributed by atoms with Gasteiger partial charge in [-0.05, 0) is 54.7 Å². The highest BCUT2D eigenvalue weighted by atomic mass is 32.1. The van der Waals surface area contributed by atoms with Gasteiger partial charge in [-0.25, -0.2) is 0 Å². The van der Waals surface area contributed by atoms with E-state index in [1.165, 1.54) is 23.8 Å². The molecular weight excluding hydrogens is 312 g/mol. The predicted octanol–water partition coefficient (Wildman–Crippen LogP) is 2.97. The molecule has 1 aromatic heterocycles. The average molecular weight is 330 g/mol. The van der Waals surface area contributed by atoms with Crippen LogP contribution in [-0.2, 0) is 17.6 Å². The van der Waals surface area contributed by atoms with Crippen LogP contribution in [0.4, 0.5) is 5.00 Å². The van der Waals surface area contributed by atoms with Crippen molar-refractivity contribution in [1.29, 1.82) is 0 Å². The lowest BCUT2D eigenvalue weighted by Crippen LogP contribution is -2.17. The zero-order valence-electron chi connectivity index (χ0n) is 13.1. The number of nitrogens with two attached hydrogens (primary N) is 1. The van der Waals surface area contributed by atoms with Crippen LogP contribution in [0.2, 0.25) is 0 Å². The average Bonchev–Trinajstić information content (AvgIpc) is 2.84. The molecule has 120 valence electrons. The number of carbonyl (C=O) groups excluding carboxylic acids is 2. The lowest BCUT2D eigenvalue weighted by molar-refractivity contribution is -0.114. The fourth-order valence-electron chi connectivity index (χ4n) is 2.94. The first kappa shape index (κ1) is 15.6. The highest BCUT2D eigenvalue weighted by Crippen LogP contribution is 2.45. The van der Waals surface area contributed by atoms with Crippen molar-refractivity contribution in [2.45, 2.75) is 26.7 Å². The van der Waals surface area contributed by atoms with Gasteiger partial charge in [-0.15, -0.1) is 11.3 Å². The third-order valence-electron chi connectivity index (χ3n) is 3.82. The summed E-state index contributed by atoms with van der Waals surface area (Å²) in [6.07, 6.45) is 1.55. The van der Waals surface area contributed by atoms with Gasteiger partial charge in [-0.2, -0.15) is 0 Å². The van der Waals surface area contributed by atoms with Crippen LogP contribution in [0, 0.1) is 0 Å². The highest BCUT2D eigenvalue weighted by Gasteiger charge is 2.27. The van der Waals surface area contributed by atoms with E-state index in [1.54, 1.807) is 0 Å². The SMILES string of the molecule is CCOc1ccc2c(c1)CCc1c-2sc(NC(C)=O)c1C(N)=O. The molecule has 6 heteroatoms. The summed E-state index contributed by atoms with van der Waals surface area (Å²) in [6, 6.07) is 5.99. The second-order valence-electron chi connectivity index (χ2n) is 5.41. The fourth-order valence-corrected chi connectivity index (χ4v) is 4.31. The van der Waals surface area contributed by atoms with Gasteiger partial charge in [-0.1, -0.05) is 0 Å². The number of aryl methyl sites for hydroxylation is 1. The highest BCUT2D eigenvalue weighted by molar-refractivity contribution is 7.20. The van der Waals surface area contributed by atoms with Crippen molar-refractivity contribution in [2.24, 2.45) is 5.73 Å². The molecule has 5 nitrogen and oxygen atoms in total. The van der Waals surface area contributed by atoms with Crippen LogP contribution >= 0.6 is 11.3 Å². The molecule has 1 aliphatic rings. The summed E-state index contributed by atoms with van der Waals surface area (Å²) >= 11 is 1.41. The van der Waals surface area contributed by atoms with Crippen LogP contribution in [-0.4, -0.2) is 18.4 Å². The van der Waals surface area contributed by atoms with Crippen LogP contribution in [0.5, 0.6) is 5.75 Å². The minimum Gasteiger partial charge on any atom is -0.494 e. The summed E-state index contributed by atoms with van der Waals surface area (Å²) < 4.78 is 5.55. The van der Waals surface area contributed by atoms with Gasteiger partial charge in [-0.3, -0.25) is 9.59 Å². The van der Waals surface area contributed by atoms with E-state index >= 15 is 0 Å². The summed E-state index contributed by atoms with van der Waals surface area (Å²) in [7, 11) is 0. The molecule has 2 aromatic rings. The van der Waals surface area contributed by atoms with Crippen molar-refractivity contribution in [2.75, 3.05) is 11.9 Å². The number of hydrogen-bond acceptors (Lipinski definition) is 4. The summed E-state index contributed by atoms with van der Waals surface area (Å²) in [5.41, 5.74) is 9.19. The normalized spacial score (nSPS) is 12.3. The van der Waals surface area contributed by atoms with Gasteiger partial charge in [0.1, 0.15) is 10.8 Å². The minimum absolute atomic E-state index is 0.210. The van der Waals surface area contributed by atoms with Crippen LogP contribution in [0.3, 0.4) is 0 Å². The number of fused-ring (bicyclic) bond motifs is 3. The Morgan fingerprint density at radius 3 is 2.78 bits per heavy atom. The molecule has 0 fully saturated rings. The van der Waals surface area contributed by atoms with Crippen molar-refractivity contribution in [3.05, 3.63) is 34.9 Å². The standard InChI is InChI=1S/C17H18N2O3S/c1-3-22-11-5-7-12-10(8-11)4-6-13-14(16(18)21)17(19-9(2)20)23-15(12)13/h5,7-8H,3-4,6H2,1-2H3,(H2,18,21)(H,19,20). The van der Waals surface area contributed by atoms with E-state index in [-0.39, 0.29) is 5.91 Å². The molecule has 0 aliphatic heterocycles. The van der Waals surface area contributed by atoms with Crippen molar-refractivity contribution >= 4 is 28.2 Å². The van der Waals surface area contributed by atoms with E-state index in [2.05, 4.69) is 5.32 Å². The topological polar surface area (TPSA) is 81.4 Å². The number of primary amides is 1. The van der Waals surface area contributed by atoms with Gasteiger partial charge in [0, 0.05) is 11.8 Å². The number of anilines is 1.